The van der Waals surface area contributed by atoms with Gasteiger partial charge in [-0.25, -0.2) is 0 Å². The zero-order chi connectivity index (χ0) is 20.8. The molecule has 0 spiro atoms. The van der Waals surface area contributed by atoms with Gasteiger partial charge in [0.1, 0.15) is 0 Å². The minimum absolute atomic E-state index is 0. The van der Waals surface area contributed by atoms with Gasteiger partial charge >= 0.3 is 5.97 Å². The zero-order valence-electron chi connectivity index (χ0n) is 18.5. The molecule has 168 valence electrons. The van der Waals surface area contributed by atoms with Crippen molar-refractivity contribution < 1.29 is 14.3 Å². The number of rotatable bonds is 5. The van der Waals surface area contributed by atoms with Crippen LogP contribution in [0.1, 0.15) is 24.1 Å². The molecule has 1 aromatic rings. The first-order valence-corrected chi connectivity index (χ1v) is 10.4. The lowest BCUT2D eigenvalue weighted by Gasteiger charge is -2.36. The van der Waals surface area contributed by atoms with E-state index in [-0.39, 0.29) is 47.8 Å². The average molecular weight is 530 g/mol. The third-order valence-corrected chi connectivity index (χ3v) is 5.99. The molecule has 0 radical (unpaired) electrons. The van der Waals surface area contributed by atoms with Crippen LogP contribution in [-0.4, -0.2) is 81.8 Å². The summed E-state index contributed by atoms with van der Waals surface area (Å²) < 4.78 is 10.5. The van der Waals surface area contributed by atoms with Gasteiger partial charge in [-0.1, -0.05) is 36.8 Å². The van der Waals surface area contributed by atoms with Crippen LogP contribution >= 0.6 is 24.0 Å². The fourth-order valence-corrected chi connectivity index (χ4v) is 4.34. The Morgan fingerprint density at radius 1 is 1.33 bits per heavy atom. The number of likely N-dealkylation sites (tertiary alicyclic amines) is 1. The predicted octanol–water partition coefficient (Wildman–Crippen LogP) is 2.30. The Morgan fingerprint density at radius 3 is 2.70 bits per heavy atom. The van der Waals surface area contributed by atoms with E-state index in [9.17, 15) is 4.79 Å². The zero-order valence-corrected chi connectivity index (χ0v) is 20.8. The number of carbonyl (C=O) groups is 1. The summed E-state index contributed by atoms with van der Waals surface area (Å²) in [5.41, 5.74) is 2.57. The predicted molar refractivity (Wildman–Crippen MR) is 129 cm³/mol. The maximum Gasteiger partial charge on any atom is 0.310 e. The van der Waals surface area contributed by atoms with Crippen LogP contribution < -0.4 is 5.32 Å². The molecule has 0 aromatic heterocycles. The Labute approximate surface area is 197 Å². The molecule has 2 saturated heterocycles. The second kappa shape index (κ2) is 11.9. The van der Waals surface area contributed by atoms with E-state index in [0.717, 1.165) is 45.4 Å². The van der Waals surface area contributed by atoms with Crippen molar-refractivity contribution >= 4 is 35.9 Å². The van der Waals surface area contributed by atoms with Gasteiger partial charge in [0.2, 0.25) is 0 Å². The summed E-state index contributed by atoms with van der Waals surface area (Å²) in [6.07, 6.45) is 0. The highest BCUT2D eigenvalue weighted by molar-refractivity contribution is 14.0. The molecule has 0 bridgehead atoms. The molecule has 0 aliphatic carbocycles. The van der Waals surface area contributed by atoms with Gasteiger partial charge in [0.15, 0.2) is 5.96 Å². The lowest BCUT2D eigenvalue weighted by atomic mass is 9.99. The lowest BCUT2D eigenvalue weighted by Crippen LogP contribution is -2.47. The van der Waals surface area contributed by atoms with Crippen LogP contribution in [0.5, 0.6) is 0 Å². The van der Waals surface area contributed by atoms with Gasteiger partial charge in [0, 0.05) is 39.8 Å². The molecule has 8 heteroatoms. The summed E-state index contributed by atoms with van der Waals surface area (Å²) in [5, 5.41) is 3.57. The topological polar surface area (TPSA) is 66.4 Å². The van der Waals surface area contributed by atoms with E-state index < -0.39 is 0 Å². The van der Waals surface area contributed by atoms with Gasteiger partial charge in [0.05, 0.1) is 32.3 Å². The van der Waals surface area contributed by atoms with Crippen LogP contribution in [0.15, 0.2) is 29.3 Å². The van der Waals surface area contributed by atoms with E-state index in [4.69, 9.17) is 9.47 Å². The number of morpholine rings is 1. The number of nitrogens with zero attached hydrogens (tertiary/aromatic N) is 3. The Morgan fingerprint density at radius 2 is 2.07 bits per heavy atom. The summed E-state index contributed by atoms with van der Waals surface area (Å²) in [7, 11) is 3.26. The first-order valence-electron chi connectivity index (χ1n) is 10.4. The minimum Gasteiger partial charge on any atom is -0.469 e. The lowest BCUT2D eigenvalue weighted by molar-refractivity contribution is -0.145. The first-order chi connectivity index (χ1) is 14.0. The quantitative estimate of drug-likeness (QED) is 0.273. The molecule has 0 saturated carbocycles. The number of benzene rings is 1. The normalized spacial score (nSPS) is 23.6. The highest BCUT2D eigenvalue weighted by Crippen LogP contribution is 2.25. The smallest absolute Gasteiger partial charge is 0.310 e. The molecule has 7 nitrogen and oxygen atoms in total. The van der Waals surface area contributed by atoms with Gasteiger partial charge in [-0.2, -0.15) is 0 Å². The number of carbonyl (C=O) groups excluding carboxylic acids is 1. The van der Waals surface area contributed by atoms with E-state index >= 15 is 0 Å². The summed E-state index contributed by atoms with van der Waals surface area (Å²) in [5.74, 6) is 0.841. The van der Waals surface area contributed by atoms with Crippen molar-refractivity contribution in [1.29, 1.82) is 0 Å². The van der Waals surface area contributed by atoms with Crippen molar-refractivity contribution in [1.82, 2.24) is 15.1 Å². The second-order valence-corrected chi connectivity index (χ2v) is 8.02. The molecule has 0 amide bonds. The number of nitrogens with one attached hydrogen (secondary N) is 1. The molecule has 2 heterocycles. The Balaban J connectivity index is 0.00000320. The summed E-state index contributed by atoms with van der Waals surface area (Å²) >= 11 is 0. The number of methoxy groups -OCH3 is 1. The van der Waals surface area contributed by atoms with Crippen LogP contribution in [0.4, 0.5) is 0 Å². The van der Waals surface area contributed by atoms with Crippen molar-refractivity contribution in [2.75, 3.05) is 60.1 Å². The van der Waals surface area contributed by atoms with Crippen molar-refractivity contribution in [2.24, 2.45) is 16.8 Å². The summed E-state index contributed by atoms with van der Waals surface area (Å²) in [6.45, 7) is 9.79. The first kappa shape index (κ1) is 24.9. The molecule has 2 fully saturated rings. The molecule has 1 N–H and O–H groups in total. The minimum atomic E-state index is -0.138. The second-order valence-electron chi connectivity index (χ2n) is 8.02. The van der Waals surface area contributed by atoms with Crippen molar-refractivity contribution in [3.8, 4) is 0 Å². The third kappa shape index (κ3) is 6.07. The number of hydrogen-bond donors (Lipinski definition) is 1. The van der Waals surface area contributed by atoms with E-state index in [1.165, 1.54) is 18.2 Å². The van der Waals surface area contributed by atoms with Crippen LogP contribution in [0.2, 0.25) is 0 Å². The van der Waals surface area contributed by atoms with E-state index in [0.29, 0.717) is 6.54 Å². The Kier molecular flexibility index (Phi) is 9.83. The molecule has 1 aromatic carbocycles. The fraction of sp³-hybridized carbons (Fsp3) is 0.636. The van der Waals surface area contributed by atoms with Crippen molar-refractivity contribution in [3.63, 3.8) is 0 Å². The van der Waals surface area contributed by atoms with Crippen LogP contribution in [0, 0.1) is 18.8 Å². The van der Waals surface area contributed by atoms with Crippen molar-refractivity contribution in [3.05, 3.63) is 35.4 Å². The van der Waals surface area contributed by atoms with E-state index in [2.05, 4.69) is 58.2 Å². The highest BCUT2D eigenvalue weighted by atomic mass is 127. The standard InChI is InChI=1S/C22H34N4O3.HI/c1-16-6-5-7-18(12-16)20(25-8-10-29-11-9-25)13-24-22(23-3)26-14-17(2)19(15-26)21(27)28-4;/h5-7,12,17,19-20H,8-11,13-15H2,1-4H3,(H,23,24);1H. The maximum absolute atomic E-state index is 12.0. The largest absolute Gasteiger partial charge is 0.469 e. The summed E-state index contributed by atoms with van der Waals surface area (Å²) in [6, 6.07) is 8.95. The number of esters is 1. The number of aryl methyl sites for hydroxylation is 1. The fourth-order valence-electron chi connectivity index (χ4n) is 4.34. The van der Waals surface area contributed by atoms with Crippen LogP contribution in [-0.2, 0) is 14.3 Å². The Hall–Kier alpha value is -1.39. The van der Waals surface area contributed by atoms with Crippen LogP contribution in [0.25, 0.3) is 0 Å². The highest BCUT2D eigenvalue weighted by Gasteiger charge is 2.37. The molecule has 3 atom stereocenters. The average Bonchev–Trinajstić information content (AvgIpc) is 3.12. The number of ether oxygens (including phenoxy) is 2. The van der Waals surface area contributed by atoms with Crippen LogP contribution in [0.3, 0.4) is 0 Å². The molecule has 30 heavy (non-hydrogen) atoms. The molecular weight excluding hydrogens is 495 g/mol. The molecule has 2 aliphatic heterocycles. The number of guanidine groups is 1. The number of halogens is 1. The third-order valence-electron chi connectivity index (χ3n) is 5.99. The SMILES string of the molecule is CN=C(NCC(c1cccc(C)c1)N1CCOCC1)N1CC(C)C(C(=O)OC)C1.I. The molecule has 2 aliphatic rings. The molecule has 3 rings (SSSR count). The van der Waals surface area contributed by atoms with Gasteiger partial charge in [-0.3, -0.25) is 14.7 Å². The van der Waals surface area contributed by atoms with Gasteiger partial charge in [-0.15, -0.1) is 24.0 Å². The molecule has 3 unspecified atom stereocenters. The van der Waals surface area contributed by atoms with Gasteiger partial charge < -0.3 is 19.7 Å². The van der Waals surface area contributed by atoms with Gasteiger partial charge in [0.25, 0.3) is 0 Å². The van der Waals surface area contributed by atoms with Crippen molar-refractivity contribution in [2.45, 2.75) is 19.9 Å². The van der Waals surface area contributed by atoms with E-state index in [1.54, 1.807) is 7.05 Å². The van der Waals surface area contributed by atoms with E-state index in [1.807, 2.05) is 0 Å². The monoisotopic (exact) mass is 530 g/mol. The molecular formula is C22H35IN4O3. The maximum atomic E-state index is 12.0. The Bertz CT molecular complexity index is 724. The number of aliphatic imine (C=N–C) groups is 1. The summed E-state index contributed by atoms with van der Waals surface area (Å²) in [4.78, 5) is 21.2. The van der Waals surface area contributed by atoms with Gasteiger partial charge in [-0.05, 0) is 18.4 Å². The number of hydrogen-bond acceptors (Lipinski definition) is 5.